The number of alkyl halides is 3. The van der Waals surface area contributed by atoms with Gasteiger partial charge in [-0.3, -0.25) is 14.8 Å². The molecule has 0 saturated carbocycles. The summed E-state index contributed by atoms with van der Waals surface area (Å²) in [5.74, 6) is -0.0679. The molecule has 3 heterocycles. The lowest BCUT2D eigenvalue weighted by atomic mass is 10.0. The summed E-state index contributed by atoms with van der Waals surface area (Å²) in [4.78, 5) is 26.7. The largest absolute Gasteiger partial charge is 0.426 e. The first-order valence-electron chi connectivity index (χ1n) is 10.4. The third-order valence-electron chi connectivity index (χ3n) is 5.91. The normalized spacial score (nSPS) is 15.8. The summed E-state index contributed by atoms with van der Waals surface area (Å²) in [6.07, 6.45) is -0.120. The van der Waals surface area contributed by atoms with Gasteiger partial charge in [-0.15, -0.1) is 0 Å². The number of aromatic amines is 1. The van der Waals surface area contributed by atoms with E-state index >= 15 is 0 Å². The Hall–Kier alpha value is -3.14. The zero-order chi connectivity index (χ0) is 22.9. The molecule has 1 aliphatic heterocycles. The lowest BCUT2D eigenvalue weighted by Crippen LogP contribution is -2.43. The van der Waals surface area contributed by atoms with Gasteiger partial charge >= 0.3 is 12.2 Å². The second kappa shape index (κ2) is 8.78. The van der Waals surface area contributed by atoms with Crippen LogP contribution >= 0.6 is 0 Å². The van der Waals surface area contributed by atoms with Gasteiger partial charge in [0, 0.05) is 38.1 Å². The number of hydrogen-bond acceptors (Lipinski definition) is 6. The minimum atomic E-state index is -4.57. The molecule has 7 nitrogen and oxygen atoms in total. The topological polar surface area (TPSA) is 74.3 Å². The van der Waals surface area contributed by atoms with Crippen molar-refractivity contribution in [1.82, 2.24) is 19.9 Å². The fraction of sp³-hybridized carbons (Fsp3) is 0.409. The Labute approximate surface area is 182 Å². The Balaban J connectivity index is 1.62. The van der Waals surface area contributed by atoms with E-state index in [1.165, 1.54) is 30.6 Å². The van der Waals surface area contributed by atoms with Crippen LogP contribution in [-0.4, -0.2) is 52.6 Å². The van der Waals surface area contributed by atoms with E-state index in [4.69, 9.17) is 4.74 Å². The number of likely N-dealkylation sites (tertiary alicyclic amines) is 1. The summed E-state index contributed by atoms with van der Waals surface area (Å²) in [5.41, 5.74) is -0.862. The highest BCUT2D eigenvalue weighted by Gasteiger charge is 2.36. The zero-order valence-corrected chi connectivity index (χ0v) is 17.8. The van der Waals surface area contributed by atoms with Gasteiger partial charge in [-0.1, -0.05) is 6.92 Å². The highest BCUT2D eigenvalue weighted by Crippen LogP contribution is 2.40. The predicted octanol–water partition coefficient (Wildman–Crippen LogP) is 4.05. The van der Waals surface area contributed by atoms with Crippen molar-refractivity contribution >= 4 is 16.6 Å². The van der Waals surface area contributed by atoms with Gasteiger partial charge in [-0.2, -0.15) is 18.2 Å². The van der Waals surface area contributed by atoms with Crippen molar-refractivity contribution in [3.8, 4) is 11.8 Å². The van der Waals surface area contributed by atoms with Crippen LogP contribution in [0.5, 0.6) is 11.8 Å². The number of pyridine rings is 1. The number of rotatable bonds is 5. The molecule has 1 saturated heterocycles. The molecular formula is C22H24F3N5O2. The highest BCUT2D eigenvalue weighted by atomic mass is 19.4. The standard InChI is InChI=1S/C22H24F3N5O2/c1-3-30-10-7-14(8-11-30)29(2)19-5-4-15(12-17(19)22(23,24)25)32-21-27-18-13-26-9-6-16(18)20(31)28-21/h4-6,9,12-14H,3,7-8,10-11H2,1-2H3,(H,27,28,31). The molecule has 0 spiro atoms. The number of nitrogens with zero attached hydrogens (tertiary/aromatic N) is 4. The van der Waals surface area contributed by atoms with Crippen LogP contribution in [0.1, 0.15) is 25.3 Å². The molecule has 0 amide bonds. The fourth-order valence-corrected chi connectivity index (χ4v) is 4.06. The van der Waals surface area contributed by atoms with E-state index in [0.29, 0.717) is 5.39 Å². The van der Waals surface area contributed by atoms with Crippen LogP contribution < -0.4 is 15.2 Å². The molecule has 32 heavy (non-hydrogen) atoms. The molecule has 1 fully saturated rings. The Morgan fingerprint density at radius 1 is 1.25 bits per heavy atom. The predicted molar refractivity (Wildman–Crippen MR) is 115 cm³/mol. The number of hydrogen-bond donors (Lipinski definition) is 1. The number of fused-ring (bicyclic) bond motifs is 1. The van der Waals surface area contributed by atoms with Gasteiger partial charge in [0.25, 0.3) is 5.56 Å². The average molecular weight is 447 g/mol. The quantitative estimate of drug-likeness (QED) is 0.636. The third kappa shape index (κ3) is 4.55. The second-order valence-electron chi connectivity index (χ2n) is 7.82. The maximum Gasteiger partial charge on any atom is 0.418 e. The van der Waals surface area contributed by atoms with Crippen LogP contribution in [0.4, 0.5) is 18.9 Å². The van der Waals surface area contributed by atoms with Crippen LogP contribution in [0.25, 0.3) is 10.9 Å². The van der Waals surface area contributed by atoms with E-state index in [-0.39, 0.29) is 29.0 Å². The zero-order valence-electron chi connectivity index (χ0n) is 17.8. The summed E-state index contributed by atoms with van der Waals surface area (Å²) in [6, 6.07) is 5.14. The van der Waals surface area contributed by atoms with Gasteiger partial charge in [0.15, 0.2) is 0 Å². The molecule has 0 bridgehead atoms. The van der Waals surface area contributed by atoms with Crippen molar-refractivity contribution in [2.45, 2.75) is 32.0 Å². The number of piperidine rings is 1. The molecule has 0 aliphatic carbocycles. The molecule has 0 atom stereocenters. The Kier molecular flexibility index (Phi) is 6.05. The number of aromatic nitrogens is 3. The molecule has 1 aromatic carbocycles. The van der Waals surface area contributed by atoms with Crippen LogP contribution in [0.3, 0.4) is 0 Å². The third-order valence-corrected chi connectivity index (χ3v) is 5.91. The van der Waals surface area contributed by atoms with E-state index in [1.54, 1.807) is 11.9 Å². The number of nitrogens with one attached hydrogen (secondary N) is 1. The van der Waals surface area contributed by atoms with E-state index in [0.717, 1.165) is 38.5 Å². The number of ether oxygens (including phenoxy) is 1. The molecule has 0 unspecified atom stereocenters. The lowest BCUT2D eigenvalue weighted by Gasteiger charge is -2.38. The first-order chi connectivity index (χ1) is 15.3. The van der Waals surface area contributed by atoms with Crippen LogP contribution in [-0.2, 0) is 6.18 Å². The number of halogens is 3. The molecule has 1 aliphatic rings. The minimum Gasteiger partial charge on any atom is -0.426 e. The molecular weight excluding hydrogens is 423 g/mol. The van der Waals surface area contributed by atoms with Gasteiger partial charge in [0.05, 0.1) is 22.7 Å². The lowest BCUT2D eigenvalue weighted by molar-refractivity contribution is -0.137. The van der Waals surface area contributed by atoms with Crippen molar-refractivity contribution in [2.24, 2.45) is 0 Å². The van der Waals surface area contributed by atoms with Gasteiger partial charge < -0.3 is 14.5 Å². The van der Waals surface area contributed by atoms with Gasteiger partial charge in [-0.25, -0.2) is 0 Å². The molecule has 1 N–H and O–H groups in total. The molecule has 170 valence electrons. The van der Waals surface area contributed by atoms with Gasteiger partial charge in [0.1, 0.15) is 5.75 Å². The second-order valence-corrected chi connectivity index (χ2v) is 7.82. The Bertz CT molecular complexity index is 1160. The Morgan fingerprint density at radius 3 is 2.69 bits per heavy atom. The molecule has 2 aromatic heterocycles. The molecule has 4 rings (SSSR count). The van der Waals surface area contributed by atoms with Gasteiger partial charge in [0.2, 0.25) is 0 Å². The number of H-pyrrole nitrogens is 1. The SMILES string of the molecule is CCN1CCC(N(C)c2ccc(Oc3nc4cnccc4c(=O)[nH]3)cc2C(F)(F)F)CC1. The van der Waals surface area contributed by atoms with Crippen molar-refractivity contribution in [3.63, 3.8) is 0 Å². The van der Waals surface area contributed by atoms with Crippen LogP contribution in [0, 0.1) is 0 Å². The Morgan fingerprint density at radius 2 is 2.00 bits per heavy atom. The highest BCUT2D eigenvalue weighted by molar-refractivity contribution is 5.76. The monoisotopic (exact) mass is 447 g/mol. The summed E-state index contributed by atoms with van der Waals surface area (Å²) in [5, 5.41) is 0.314. The number of anilines is 1. The van der Waals surface area contributed by atoms with Crippen molar-refractivity contribution in [1.29, 1.82) is 0 Å². The molecule has 10 heteroatoms. The average Bonchev–Trinajstić information content (AvgIpc) is 2.78. The summed E-state index contributed by atoms with van der Waals surface area (Å²) < 4.78 is 47.2. The first kappa shape index (κ1) is 22.1. The van der Waals surface area contributed by atoms with Crippen molar-refractivity contribution < 1.29 is 17.9 Å². The summed E-state index contributed by atoms with van der Waals surface area (Å²) in [7, 11) is 1.70. The number of benzene rings is 1. The summed E-state index contributed by atoms with van der Waals surface area (Å²) in [6.45, 7) is 4.75. The molecule has 3 aromatic rings. The van der Waals surface area contributed by atoms with Crippen molar-refractivity contribution in [2.75, 3.05) is 31.6 Å². The van der Waals surface area contributed by atoms with E-state index in [2.05, 4.69) is 26.8 Å². The van der Waals surface area contributed by atoms with E-state index < -0.39 is 17.3 Å². The van der Waals surface area contributed by atoms with Gasteiger partial charge in [-0.05, 0) is 43.7 Å². The van der Waals surface area contributed by atoms with Crippen LogP contribution in [0.2, 0.25) is 0 Å². The summed E-state index contributed by atoms with van der Waals surface area (Å²) >= 11 is 0. The first-order valence-corrected chi connectivity index (χ1v) is 10.4. The van der Waals surface area contributed by atoms with Crippen molar-refractivity contribution in [3.05, 3.63) is 52.6 Å². The minimum absolute atomic E-state index is 0.0247. The van der Waals surface area contributed by atoms with Crippen LogP contribution in [0.15, 0.2) is 41.5 Å². The smallest absolute Gasteiger partial charge is 0.418 e. The fourth-order valence-electron chi connectivity index (χ4n) is 4.06. The molecule has 0 radical (unpaired) electrons. The maximum atomic E-state index is 13.9. The van der Waals surface area contributed by atoms with E-state index in [9.17, 15) is 18.0 Å². The maximum absolute atomic E-state index is 13.9. The van der Waals surface area contributed by atoms with E-state index in [1.807, 2.05) is 0 Å².